The van der Waals surface area contributed by atoms with E-state index in [-0.39, 0.29) is 38.9 Å². The van der Waals surface area contributed by atoms with Gasteiger partial charge in [-0.1, -0.05) is 73.3 Å². The zero-order valence-electron chi connectivity index (χ0n) is 22.7. The highest BCUT2D eigenvalue weighted by atomic mass is 35.5. The summed E-state index contributed by atoms with van der Waals surface area (Å²) in [5.74, 6) is -0.484. The minimum atomic E-state index is -0.560. The number of rotatable bonds is 9. The Morgan fingerprint density at radius 1 is 1.13 bits per heavy atom. The van der Waals surface area contributed by atoms with Gasteiger partial charge in [0, 0.05) is 53.0 Å². The molecule has 8 heteroatoms. The molecule has 2 aromatic rings. The second kappa shape index (κ2) is 12.2. The predicted octanol–water partition coefficient (Wildman–Crippen LogP) is 7.34. The fraction of sp³-hybridized carbons (Fsp3) is 0.581. The normalized spacial score (nSPS) is 25.6. The molecule has 5 rings (SSSR count). The number of benzene rings is 2. The van der Waals surface area contributed by atoms with Crippen LogP contribution in [0.3, 0.4) is 0 Å². The van der Waals surface area contributed by atoms with Gasteiger partial charge in [-0.3, -0.25) is 9.69 Å². The Hall–Kier alpha value is -2.02. The Morgan fingerprint density at radius 2 is 1.87 bits per heavy atom. The van der Waals surface area contributed by atoms with Crippen LogP contribution in [0, 0.1) is 28.0 Å². The average molecular weight is 576 g/mol. The molecule has 0 unspecified atom stereocenters. The number of halogens is 3. The van der Waals surface area contributed by atoms with Gasteiger partial charge in [-0.05, 0) is 55.3 Å². The van der Waals surface area contributed by atoms with Crippen LogP contribution < -0.4 is 5.32 Å². The van der Waals surface area contributed by atoms with Gasteiger partial charge >= 0.3 is 0 Å². The van der Waals surface area contributed by atoms with Crippen molar-refractivity contribution in [1.82, 2.24) is 10.2 Å². The van der Waals surface area contributed by atoms with Crippen molar-refractivity contribution in [1.29, 1.82) is 0 Å². The molecule has 4 atom stereocenters. The number of nitrogens with one attached hydrogen (secondary N) is 1. The van der Waals surface area contributed by atoms with Gasteiger partial charge in [0.05, 0.1) is 16.1 Å². The number of carbonyl (C=O) groups excluding carboxylic acids is 1. The lowest BCUT2D eigenvalue weighted by Gasteiger charge is -2.36. The van der Waals surface area contributed by atoms with Crippen LogP contribution in [0.4, 0.5) is 4.39 Å². The fourth-order valence-corrected chi connectivity index (χ4v) is 7.47. The van der Waals surface area contributed by atoms with Crippen LogP contribution >= 0.6 is 23.2 Å². The number of nitrogens with zero attached hydrogens (tertiary/aromatic N) is 2. The van der Waals surface area contributed by atoms with Gasteiger partial charge in [-0.15, -0.1) is 0 Å². The van der Waals surface area contributed by atoms with Gasteiger partial charge in [0.2, 0.25) is 11.9 Å². The molecule has 0 radical (unpaired) electrons. The summed E-state index contributed by atoms with van der Waals surface area (Å²) in [6.45, 7) is 5.46. The summed E-state index contributed by atoms with van der Waals surface area (Å²) in [6.07, 6.45) is 6.74. The van der Waals surface area contributed by atoms with E-state index in [0.29, 0.717) is 31.7 Å². The van der Waals surface area contributed by atoms with Crippen LogP contribution in [0.25, 0.3) is 0 Å². The van der Waals surface area contributed by atoms with Crippen molar-refractivity contribution in [3.8, 4) is 0 Å². The molecule has 39 heavy (non-hydrogen) atoms. The van der Waals surface area contributed by atoms with Gasteiger partial charge in [0.15, 0.2) is 6.54 Å². The Labute approximate surface area is 241 Å². The SMILES string of the molecule is CC1([C@H](NC(=O)[C@H]2CC[C@@H]([N+](=O)C[C@@H]3CCN(Cc4ccccc4)C3)C2)c2c(F)ccc(Cl)c2Cl)CCCC1. The molecule has 3 aliphatic rings. The van der Waals surface area contributed by atoms with Crippen LogP contribution in [0.2, 0.25) is 10.0 Å². The summed E-state index contributed by atoms with van der Waals surface area (Å²) in [4.78, 5) is 29.1. The lowest BCUT2D eigenvalue weighted by Crippen LogP contribution is -2.41. The van der Waals surface area contributed by atoms with Crippen molar-refractivity contribution < 1.29 is 13.9 Å². The molecule has 2 saturated carbocycles. The van der Waals surface area contributed by atoms with E-state index in [1.54, 1.807) is 0 Å². The molecule has 0 spiro atoms. The van der Waals surface area contributed by atoms with E-state index >= 15 is 4.39 Å². The van der Waals surface area contributed by atoms with Crippen LogP contribution in [-0.2, 0) is 11.3 Å². The number of amides is 1. The molecule has 210 valence electrons. The first-order valence-corrected chi connectivity index (χ1v) is 15.1. The molecule has 3 fully saturated rings. The maximum atomic E-state index is 15.1. The van der Waals surface area contributed by atoms with E-state index in [2.05, 4.69) is 41.4 Å². The Kier molecular flexibility index (Phi) is 8.94. The highest BCUT2D eigenvalue weighted by Crippen LogP contribution is 2.50. The van der Waals surface area contributed by atoms with Gasteiger partial charge in [0.25, 0.3) is 0 Å². The number of nitroso groups, excluding NO2 is 1. The molecule has 0 bridgehead atoms. The van der Waals surface area contributed by atoms with E-state index in [4.69, 9.17) is 23.2 Å². The molecule has 1 saturated heterocycles. The van der Waals surface area contributed by atoms with Crippen LogP contribution in [0.5, 0.6) is 0 Å². The largest absolute Gasteiger partial charge is 0.348 e. The summed E-state index contributed by atoms with van der Waals surface area (Å²) in [5, 5.41) is 3.63. The molecule has 1 N–H and O–H groups in total. The van der Waals surface area contributed by atoms with E-state index < -0.39 is 11.9 Å². The minimum Gasteiger partial charge on any atom is -0.348 e. The molecule has 2 aromatic carbocycles. The number of hydrogen-bond acceptors (Lipinski definition) is 3. The highest BCUT2D eigenvalue weighted by Gasteiger charge is 2.45. The standard InChI is InChI=1S/C31H38Cl2FN3O2/c1-31(14-5-6-15-31)29(27-26(34)12-11-25(32)28(27)33)35-30(38)23-9-10-24(17-23)37(39)20-22-13-16-36(19-22)18-21-7-3-2-4-8-21/h2-4,7-8,11-12,22-24,29H,5-6,9-10,13-20H2,1H3/p+1/t22-,23+,24-,29-/m1/s1. The zero-order valence-corrected chi connectivity index (χ0v) is 24.2. The maximum absolute atomic E-state index is 15.1. The highest BCUT2D eigenvalue weighted by molar-refractivity contribution is 6.42. The summed E-state index contributed by atoms with van der Waals surface area (Å²) < 4.78 is 16.3. The Balaban J connectivity index is 1.19. The number of likely N-dealkylation sites (tertiary alicyclic amines) is 1. The maximum Gasteiger partial charge on any atom is 0.223 e. The van der Waals surface area contributed by atoms with E-state index in [1.165, 1.54) is 22.5 Å². The van der Waals surface area contributed by atoms with Crippen LogP contribution in [0.15, 0.2) is 42.5 Å². The third-order valence-electron chi connectivity index (χ3n) is 9.34. The predicted molar refractivity (Wildman–Crippen MR) is 153 cm³/mol. The minimum absolute atomic E-state index is 0.116. The van der Waals surface area contributed by atoms with Crippen LogP contribution in [-0.4, -0.2) is 41.2 Å². The monoisotopic (exact) mass is 574 g/mol. The summed E-state index contributed by atoms with van der Waals surface area (Å²) in [7, 11) is 0. The van der Waals surface area contributed by atoms with E-state index in [0.717, 1.165) is 51.7 Å². The first-order chi connectivity index (χ1) is 18.7. The van der Waals surface area contributed by atoms with Crippen molar-refractivity contribution in [3.63, 3.8) is 0 Å². The molecule has 1 heterocycles. The first kappa shape index (κ1) is 28.5. The third kappa shape index (κ3) is 6.49. The summed E-state index contributed by atoms with van der Waals surface area (Å²) in [5.41, 5.74) is 1.27. The smallest absolute Gasteiger partial charge is 0.223 e. The van der Waals surface area contributed by atoms with Gasteiger partial charge in [-0.25, -0.2) is 4.39 Å². The quantitative estimate of drug-likeness (QED) is 0.252. The molecular formula is C31H39Cl2FN3O2+. The zero-order chi connectivity index (χ0) is 27.6. The van der Waals surface area contributed by atoms with Gasteiger partial charge < -0.3 is 5.32 Å². The summed E-state index contributed by atoms with van der Waals surface area (Å²) in [6, 6.07) is 12.5. The van der Waals surface area contributed by atoms with Crippen molar-refractivity contribution in [3.05, 3.63) is 74.4 Å². The van der Waals surface area contributed by atoms with Gasteiger partial charge in [-0.2, -0.15) is 0 Å². The molecule has 1 aliphatic heterocycles. The van der Waals surface area contributed by atoms with Crippen molar-refractivity contribution in [2.45, 2.75) is 76.9 Å². The summed E-state index contributed by atoms with van der Waals surface area (Å²) >= 11 is 12.8. The molecule has 5 nitrogen and oxygen atoms in total. The number of carbonyl (C=O) groups is 1. The van der Waals surface area contributed by atoms with E-state index in [9.17, 15) is 9.70 Å². The van der Waals surface area contributed by atoms with Gasteiger partial charge in [0.1, 0.15) is 5.82 Å². The van der Waals surface area contributed by atoms with Crippen molar-refractivity contribution >= 4 is 29.1 Å². The molecule has 2 aliphatic carbocycles. The Bertz CT molecular complexity index is 1190. The topological polar surface area (TPSA) is 52.4 Å². The fourth-order valence-electron chi connectivity index (χ4n) is 7.04. The molecule has 0 aromatic heterocycles. The second-order valence-electron chi connectivity index (χ2n) is 12.2. The molecular weight excluding hydrogens is 536 g/mol. The lowest BCUT2D eigenvalue weighted by atomic mass is 9.76. The van der Waals surface area contributed by atoms with Crippen molar-refractivity contribution in [2.24, 2.45) is 17.3 Å². The van der Waals surface area contributed by atoms with E-state index in [1.807, 2.05) is 6.07 Å². The van der Waals surface area contributed by atoms with Crippen LogP contribution in [0.1, 0.15) is 75.5 Å². The average Bonchev–Trinajstić information content (AvgIpc) is 3.68. The number of hydrogen-bond donors (Lipinski definition) is 1. The third-order valence-corrected chi connectivity index (χ3v) is 10.2. The Morgan fingerprint density at radius 3 is 2.62 bits per heavy atom. The second-order valence-corrected chi connectivity index (χ2v) is 13.0. The molecule has 1 amide bonds. The first-order valence-electron chi connectivity index (χ1n) is 14.4. The lowest BCUT2D eigenvalue weighted by molar-refractivity contribution is -0.590. The van der Waals surface area contributed by atoms with Crippen molar-refractivity contribution in [2.75, 3.05) is 19.6 Å².